The van der Waals surface area contributed by atoms with Crippen LogP contribution in [0.4, 0.5) is 0 Å². The number of carbonyl (C=O) groups is 5. The highest BCUT2D eigenvalue weighted by molar-refractivity contribution is 8.00. The van der Waals surface area contributed by atoms with Crippen LogP contribution in [0.25, 0.3) is 0 Å². The highest BCUT2D eigenvalue weighted by atomic mass is 32.2. The Bertz CT molecular complexity index is 1770. The van der Waals surface area contributed by atoms with Crippen molar-refractivity contribution in [2.45, 2.75) is 178 Å². The molecular weight excluding hydrogens is 883 g/mol. The van der Waals surface area contributed by atoms with Gasteiger partial charge in [-0.15, -0.1) is 18.3 Å². The van der Waals surface area contributed by atoms with Gasteiger partial charge in [0.05, 0.1) is 37.1 Å². The lowest BCUT2D eigenvalue weighted by atomic mass is 9.81. The minimum atomic E-state index is -2.52. The number of ketones is 2. The summed E-state index contributed by atoms with van der Waals surface area (Å²) in [5, 5.41) is 23.9. The summed E-state index contributed by atoms with van der Waals surface area (Å²) >= 11 is 1.61. The van der Waals surface area contributed by atoms with Crippen molar-refractivity contribution in [2.75, 3.05) is 46.8 Å². The van der Waals surface area contributed by atoms with Crippen LogP contribution in [0.1, 0.15) is 118 Å². The number of aliphatic hydroxyl groups is 2. The molecule has 2 N–H and O–H groups in total. The van der Waals surface area contributed by atoms with E-state index in [9.17, 15) is 34.2 Å². The molecular formula is C51H79NO14S. The third-order valence-corrected chi connectivity index (χ3v) is 16.0. The summed E-state index contributed by atoms with van der Waals surface area (Å²) in [6.07, 6.45) is 7.43. The Labute approximate surface area is 402 Å². The van der Waals surface area contributed by atoms with Crippen molar-refractivity contribution in [1.29, 1.82) is 0 Å². The van der Waals surface area contributed by atoms with Gasteiger partial charge in [0.1, 0.15) is 23.5 Å². The van der Waals surface area contributed by atoms with E-state index in [-0.39, 0.29) is 72.8 Å². The van der Waals surface area contributed by atoms with Gasteiger partial charge in [-0.05, 0) is 112 Å². The Morgan fingerprint density at radius 1 is 0.910 bits per heavy atom. The number of fused-ring (bicyclic) bond motifs is 3. The highest BCUT2D eigenvalue weighted by Gasteiger charge is 2.56. The number of hydrogen-bond acceptors (Lipinski definition) is 15. The maximum Gasteiger partial charge on any atom is 0.329 e. The number of cyclic esters (lactones) is 2. The minimum absolute atomic E-state index is 0.0115. The second-order valence-corrected chi connectivity index (χ2v) is 21.1. The van der Waals surface area contributed by atoms with Crippen LogP contribution in [0.3, 0.4) is 0 Å². The molecule has 0 radical (unpaired) electrons. The molecule has 1 aliphatic carbocycles. The summed E-state index contributed by atoms with van der Waals surface area (Å²) in [6, 6.07) is -1.15. The van der Waals surface area contributed by atoms with Crippen LogP contribution in [0.15, 0.2) is 36.0 Å². The molecule has 3 saturated heterocycles. The molecule has 0 aromatic carbocycles. The zero-order valence-electron chi connectivity index (χ0n) is 41.2. The highest BCUT2D eigenvalue weighted by Crippen LogP contribution is 2.39. The molecule has 4 heterocycles. The van der Waals surface area contributed by atoms with Gasteiger partial charge in [0.2, 0.25) is 5.79 Å². The molecule has 15 atom stereocenters. The van der Waals surface area contributed by atoms with Gasteiger partial charge in [0.15, 0.2) is 5.78 Å². The van der Waals surface area contributed by atoms with E-state index in [0.29, 0.717) is 62.9 Å². The summed E-state index contributed by atoms with van der Waals surface area (Å²) in [6.45, 7) is 14.3. The second-order valence-electron chi connectivity index (χ2n) is 19.8. The van der Waals surface area contributed by atoms with E-state index in [4.69, 9.17) is 33.2 Å². The quantitative estimate of drug-likeness (QED) is 0.0930. The Kier molecular flexibility index (Phi) is 21.1. The fourth-order valence-electron chi connectivity index (χ4n) is 10.8. The van der Waals surface area contributed by atoms with E-state index < -0.39 is 71.8 Å². The summed E-state index contributed by atoms with van der Waals surface area (Å²) in [7, 11) is 4.73. The standard InChI is InChI=1S/C51H79NO14S/c1-10-14-36-24-30(2)23-31(3)25-42(61-8)46-43(62-9)27-33(5)51(59,66-46)47(55)48(56)52-19-12-11-15-37(52)49(57)65-45(34(6)38(53)29-39(36)54)32(4)26-35-16-17-40(41(28-35)60-7)63-20-13-22-67-44-18-21-64-50(44)58/h10,24,26,30-31,33-35,37-38,40-46,53,59H,1,11-23,25,27-29H2,2-9H3/t30?,31-,33+,34+,35-,37-,38-,40+,41+,42-,43-,44+,45+,46?,51+/m0/s1. The van der Waals surface area contributed by atoms with Crippen molar-refractivity contribution < 1.29 is 67.3 Å². The van der Waals surface area contributed by atoms with E-state index in [1.807, 2.05) is 19.9 Å². The van der Waals surface area contributed by atoms with Crippen molar-refractivity contribution in [1.82, 2.24) is 4.90 Å². The number of piperidine rings is 1. The largest absolute Gasteiger partial charge is 0.465 e. The molecule has 67 heavy (non-hydrogen) atoms. The lowest BCUT2D eigenvalue weighted by Gasteiger charge is -2.47. The SMILES string of the molecule is C=CCC1=CC(C)C[C@H](C)C[C@H](OC)C2O[C@@](O)(C(=O)C(=O)N3CCCC[C@H]3C(=O)O[C@H](C(C)=C[C@@H]3CC[C@@H](OCCCS[C@@H]4CCOC4=O)[C@H](OC)C3)[C@H](C)[C@@H](O)CC1=O)[C@H](C)C[C@@H]2OC. The van der Waals surface area contributed by atoms with Gasteiger partial charge in [-0.25, -0.2) is 4.79 Å². The molecule has 0 spiro atoms. The molecule has 5 rings (SSSR count). The van der Waals surface area contributed by atoms with Crippen molar-refractivity contribution >= 4 is 41.2 Å². The van der Waals surface area contributed by atoms with Gasteiger partial charge in [0, 0.05) is 59.2 Å². The van der Waals surface area contributed by atoms with Crippen LogP contribution in [-0.4, -0.2) is 151 Å². The van der Waals surface area contributed by atoms with Gasteiger partial charge < -0.3 is 48.3 Å². The number of nitrogens with zero attached hydrogens (tertiary/aromatic N) is 1. The first-order valence-electron chi connectivity index (χ1n) is 24.6. The smallest absolute Gasteiger partial charge is 0.329 e. The number of aliphatic hydroxyl groups excluding tert-OH is 1. The van der Waals surface area contributed by atoms with Crippen LogP contribution in [0.2, 0.25) is 0 Å². The first-order chi connectivity index (χ1) is 31.9. The van der Waals surface area contributed by atoms with E-state index >= 15 is 0 Å². The summed E-state index contributed by atoms with van der Waals surface area (Å²) in [5.41, 5.74) is 1.20. The van der Waals surface area contributed by atoms with Crippen LogP contribution in [-0.2, 0) is 57.1 Å². The number of Topliss-reactive ketones (excluding diaryl/α,β-unsaturated/α-hetero) is 2. The Hall–Kier alpha value is -2.96. The lowest BCUT2D eigenvalue weighted by Crippen LogP contribution is -2.64. The zero-order chi connectivity index (χ0) is 49.0. The molecule has 0 aromatic rings. The number of esters is 2. The average molecular weight is 962 g/mol. The van der Waals surface area contributed by atoms with Gasteiger partial charge in [-0.2, -0.15) is 0 Å². The zero-order valence-corrected chi connectivity index (χ0v) is 42.0. The second kappa shape index (κ2) is 25.8. The van der Waals surface area contributed by atoms with Gasteiger partial charge in [-0.1, -0.05) is 45.9 Å². The molecule has 4 fully saturated rings. The monoisotopic (exact) mass is 962 g/mol. The number of thioether (sulfide) groups is 1. The molecule has 378 valence electrons. The van der Waals surface area contributed by atoms with Crippen molar-refractivity contribution in [3.8, 4) is 0 Å². The molecule has 16 heteroatoms. The summed E-state index contributed by atoms with van der Waals surface area (Å²) < 4.78 is 41.8. The third-order valence-electron chi connectivity index (χ3n) is 14.7. The molecule has 0 aromatic heterocycles. The number of allylic oxidation sites excluding steroid dienone is 4. The van der Waals surface area contributed by atoms with Crippen molar-refractivity contribution in [3.05, 3.63) is 36.0 Å². The van der Waals surface area contributed by atoms with E-state index in [1.165, 1.54) is 19.1 Å². The Morgan fingerprint density at radius 2 is 1.63 bits per heavy atom. The van der Waals surface area contributed by atoms with Crippen LogP contribution >= 0.6 is 11.8 Å². The predicted octanol–water partition coefficient (Wildman–Crippen LogP) is 6.10. The van der Waals surface area contributed by atoms with E-state index in [1.54, 1.807) is 38.8 Å². The van der Waals surface area contributed by atoms with Crippen LogP contribution in [0, 0.1) is 29.6 Å². The fraction of sp³-hybridized carbons (Fsp3) is 0.784. The Morgan fingerprint density at radius 3 is 2.30 bits per heavy atom. The molecule has 1 amide bonds. The van der Waals surface area contributed by atoms with Crippen LogP contribution < -0.4 is 0 Å². The number of carbonyl (C=O) groups excluding carboxylic acids is 5. The third kappa shape index (κ3) is 14.1. The first-order valence-corrected chi connectivity index (χ1v) is 25.7. The summed E-state index contributed by atoms with van der Waals surface area (Å²) in [5.74, 6) is -6.69. The van der Waals surface area contributed by atoms with E-state index in [2.05, 4.69) is 19.6 Å². The molecule has 4 aliphatic heterocycles. The predicted molar refractivity (Wildman–Crippen MR) is 253 cm³/mol. The number of methoxy groups -OCH3 is 3. The number of rotatable bonds is 13. The molecule has 1 saturated carbocycles. The molecule has 15 nitrogen and oxygen atoms in total. The lowest BCUT2D eigenvalue weighted by molar-refractivity contribution is -0.302. The summed E-state index contributed by atoms with van der Waals surface area (Å²) in [4.78, 5) is 70.3. The number of ether oxygens (including phenoxy) is 7. The van der Waals surface area contributed by atoms with E-state index in [0.717, 1.165) is 31.4 Å². The molecule has 2 unspecified atom stereocenters. The van der Waals surface area contributed by atoms with Gasteiger partial charge in [0.25, 0.3) is 11.7 Å². The fourth-order valence-corrected chi connectivity index (χ4v) is 11.8. The van der Waals surface area contributed by atoms with Gasteiger partial charge in [-0.3, -0.25) is 19.2 Å². The minimum Gasteiger partial charge on any atom is -0.465 e. The normalized spacial score (nSPS) is 38.1. The topological polar surface area (TPSA) is 194 Å². The number of amides is 1. The number of hydrogen-bond donors (Lipinski definition) is 2. The maximum absolute atomic E-state index is 14.5. The van der Waals surface area contributed by atoms with Crippen molar-refractivity contribution in [2.24, 2.45) is 29.6 Å². The Balaban J connectivity index is 1.42. The van der Waals surface area contributed by atoms with Gasteiger partial charge >= 0.3 is 11.9 Å². The molecule has 2 bridgehead atoms. The van der Waals surface area contributed by atoms with Crippen LogP contribution in [0.5, 0.6) is 0 Å². The first kappa shape index (κ1) is 55.0. The average Bonchev–Trinajstić information content (AvgIpc) is 3.73. The maximum atomic E-state index is 14.5. The van der Waals surface area contributed by atoms with Crippen molar-refractivity contribution in [3.63, 3.8) is 0 Å². The molecule has 5 aliphatic rings.